The highest BCUT2D eigenvalue weighted by Crippen LogP contribution is 2.33. The number of rotatable bonds is 12. The summed E-state index contributed by atoms with van der Waals surface area (Å²) in [5.74, 6) is 1.02. The van der Waals surface area contributed by atoms with E-state index in [-0.39, 0.29) is 11.8 Å². The van der Waals surface area contributed by atoms with Crippen molar-refractivity contribution in [3.63, 3.8) is 0 Å². The maximum atomic E-state index is 12.8. The molecule has 0 fully saturated rings. The van der Waals surface area contributed by atoms with Gasteiger partial charge in [-0.1, -0.05) is 61.2 Å². The van der Waals surface area contributed by atoms with Crippen LogP contribution in [0, 0.1) is 0 Å². The molecule has 31 heavy (non-hydrogen) atoms. The number of benzene rings is 2. The van der Waals surface area contributed by atoms with Gasteiger partial charge in [0.25, 0.3) is 0 Å². The van der Waals surface area contributed by atoms with Gasteiger partial charge in [0.15, 0.2) is 5.78 Å². The number of ether oxygens (including phenoxy) is 1. The minimum atomic E-state index is 0.0795. The van der Waals surface area contributed by atoms with E-state index in [0.29, 0.717) is 13.0 Å². The summed E-state index contributed by atoms with van der Waals surface area (Å²) in [5.41, 5.74) is 2.91. The predicted octanol–water partition coefficient (Wildman–Crippen LogP) is 7.38. The van der Waals surface area contributed by atoms with Crippen LogP contribution >= 0.6 is 15.9 Å². The Bertz CT molecular complexity index is 952. The first-order chi connectivity index (χ1) is 15.1. The fraction of sp³-hybridized carbons (Fsp3) is 0.385. The minimum Gasteiger partial charge on any atom is -0.489 e. The molecule has 3 rings (SSSR count). The number of nitrogens with zero attached hydrogens (tertiary/aromatic N) is 2. The number of ketones is 1. The second-order valence-electron chi connectivity index (χ2n) is 7.86. The van der Waals surface area contributed by atoms with E-state index in [1.807, 2.05) is 42.9 Å². The summed E-state index contributed by atoms with van der Waals surface area (Å²) >= 11 is 3.47. The molecule has 0 radical (unpaired) electrons. The normalized spacial score (nSPS) is 12.0. The van der Waals surface area contributed by atoms with Crippen molar-refractivity contribution >= 4 is 21.7 Å². The third-order valence-electron chi connectivity index (χ3n) is 5.45. The number of carbonyl (C=O) groups is 1. The first-order valence-corrected chi connectivity index (χ1v) is 11.9. The minimum absolute atomic E-state index is 0.0795. The average molecular weight is 483 g/mol. The Balaban J connectivity index is 1.90. The first-order valence-electron chi connectivity index (χ1n) is 11.1. The Morgan fingerprint density at radius 1 is 1.10 bits per heavy atom. The van der Waals surface area contributed by atoms with E-state index in [2.05, 4.69) is 51.5 Å². The molecule has 3 aromatic rings. The van der Waals surface area contributed by atoms with Crippen molar-refractivity contribution in [1.29, 1.82) is 0 Å². The molecule has 1 heterocycles. The van der Waals surface area contributed by atoms with E-state index in [1.54, 1.807) is 6.20 Å². The van der Waals surface area contributed by atoms with Crippen LogP contribution in [0.25, 0.3) is 0 Å². The molecule has 0 bridgehead atoms. The van der Waals surface area contributed by atoms with Crippen molar-refractivity contribution in [2.45, 2.75) is 65.0 Å². The molecule has 0 amide bonds. The molecule has 164 valence electrons. The van der Waals surface area contributed by atoms with Crippen molar-refractivity contribution < 1.29 is 9.53 Å². The summed E-state index contributed by atoms with van der Waals surface area (Å²) in [6.45, 7) is 4.81. The van der Waals surface area contributed by atoms with Crippen LogP contribution in [0.5, 0.6) is 5.75 Å². The van der Waals surface area contributed by atoms with Gasteiger partial charge in [-0.2, -0.15) is 0 Å². The van der Waals surface area contributed by atoms with Gasteiger partial charge >= 0.3 is 0 Å². The number of aromatic nitrogens is 2. The molecule has 0 aliphatic rings. The van der Waals surface area contributed by atoms with E-state index in [4.69, 9.17) is 4.74 Å². The summed E-state index contributed by atoms with van der Waals surface area (Å²) in [7, 11) is 0. The van der Waals surface area contributed by atoms with Crippen LogP contribution < -0.4 is 4.74 Å². The maximum Gasteiger partial charge on any atom is 0.162 e. The van der Waals surface area contributed by atoms with Crippen molar-refractivity contribution in [3.05, 3.63) is 82.3 Å². The first kappa shape index (κ1) is 23.3. The molecule has 1 atom stereocenters. The van der Waals surface area contributed by atoms with E-state index in [9.17, 15) is 4.79 Å². The summed E-state index contributed by atoms with van der Waals surface area (Å²) in [6.07, 6.45) is 11.3. The highest BCUT2D eigenvalue weighted by molar-refractivity contribution is 9.10. The van der Waals surface area contributed by atoms with Crippen LogP contribution in [0.3, 0.4) is 0 Å². The lowest BCUT2D eigenvalue weighted by molar-refractivity contribution is 0.0979. The Kier molecular flexibility index (Phi) is 8.89. The Morgan fingerprint density at radius 3 is 2.58 bits per heavy atom. The Morgan fingerprint density at radius 2 is 1.90 bits per heavy atom. The van der Waals surface area contributed by atoms with Gasteiger partial charge in [-0.25, -0.2) is 4.98 Å². The van der Waals surface area contributed by atoms with Crippen molar-refractivity contribution in [1.82, 2.24) is 9.55 Å². The second kappa shape index (κ2) is 11.8. The highest BCUT2D eigenvalue weighted by atomic mass is 79.9. The average Bonchev–Trinajstić information content (AvgIpc) is 3.32. The predicted molar refractivity (Wildman–Crippen MR) is 129 cm³/mol. The lowest BCUT2D eigenvalue weighted by atomic mass is 9.96. The van der Waals surface area contributed by atoms with Gasteiger partial charge in [-0.05, 0) is 48.7 Å². The number of carbonyl (C=O) groups excluding carboxylic acids is 1. The number of imidazole rings is 1. The quantitative estimate of drug-likeness (QED) is 0.199. The molecule has 1 aromatic heterocycles. The van der Waals surface area contributed by atoms with E-state index >= 15 is 0 Å². The topological polar surface area (TPSA) is 44.1 Å². The highest BCUT2D eigenvalue weighted by Gasteiger charge is 2.20. The molecule has 5 heteroatoms. The van der Waals surface area contributed by atoms with Crippen LogP contribution in [0.4, 0.5) is 0 Å². The van der Waals surface area contributed by atoms with Crippen LogP contribution in [-0.4, -0.2) is 15.3 Å². The standard InChI is InChI=1S/C26H31BrN2O2/c1-3-5-6-8-25(30)21-11-14-26(31-18-20-9-12-22(27)13-10-20)23(17-21)24(7-4-2)29-16-15-28-19-29/h9-17,19,24H,3-8,18H2,1-2H3. The Labute approximate surface area is 193 Å². The molecule has 0 aliphatic heterocycles. The molecule has 4 nitrogen and oxygen atoms in total. The lowest BCUT2D eigenvalue weighted by Crippen LogP contribution is -2.12. The van der Waals surface area contributed by atoms with Crippen molar-refractivity contribution in [2.75, 3.05) is 0 Å². The van der Waals surface area contributed by atoms with Gasteiger partial charge in [-0.15, -0.1) is 0 Å². The fourth-order valence-corrected chi connectivity index (χ4v) is 3.99. The zero-order valence-electron chi connectivity index (χ0n) is 18.4. The van der Waals surface area contributed by atoms with Gasteiger partial charge in [-0.3, -0.25) is 4.79 Å². The largest absolute Gasteiger partial charge is 0.489 e. The van der Waals surface area contributed by atoms with E-state index in [1.165, 1.54) is 0 Å². The molecule has 0 saturated heterocycles. The van der Waals surface area contributed by atoms with Crippen LogP contribution in [0.2, 0.25) is 0 Å². The molecular formula is C26H31BrN2O2. The van der Waals surface area contributed by atoms with Gasteiger partial charge in [0, 0.05) is 34.4 Å². The lowest BCUT2D eigenvalue weighted by Gasteiger charge is -2.22. The van der Waals surface area contributed by atoms with Crippen LogP contribution in [0.15, 0.2) is 65.7 Å². The smallest absolute Gasteiger partial charge is 0.162 e. The Hall–Kier alpha value is -2.40. The molecule has 1 unspecified atom stereocenters. The van der Waals surface area contributed by atoms with Crippen molar-refractivity contribution in [3.8, 4) is 5.75 Å². The maximum absolute atomic E-state index is 12.8. The molecule has 0 spiro atoms. The number of hydrogen-bond donors (Lipinski definition) is 0. The van der Waals surface area contributed by atoms with Crippen LogP contribution in [0.1, 0.15) is 79.9 Å². The number of hydrogen-bond acceptors (Lipinski definition) is 3. The molecule has 0 saturated carbocycles. The third-order valence-corrected chi connectivity index (χ3v) is 5.98. The second-order valence-corrected chi connectivity index (χ2v) is 8.78. The van der Waals surface area contributed by atoms with Gasteiger partial charge in [0.1, 0.15) is 12.4 Å². The zero-order valence-corrected chi connectivity index (χ0v) is 20.0. The van der Waals surface area contributed by atoms with Crippen molar-refractivity contribution in [2.24, 2.45) is 0 Å². The van der Waals surface area contributed by atoms with Gasteiger partial charge in [0.2, 0.25) is 0 Å². The summed E-state index contributed by atoms with van der Waals surface area (Å²) in [4.78, 5) is 17.0. The fourth-order valence-electron chi connectivity index (χ4n) is 3.73. The van der Waals surface area contributed by atoms with Crippen LogP contribution in [-0.2, 0) is 6.61 Å². The zero-order chi connectivity index (χ0) is 22.1. The van der Waals surface area contributed by atoms with E-state index in [0.717, 1.165) is 59.0 Å². The number of Topliss-reactive ketones (excluding diaryl/α,β-unsaturated/α-hetero) is 1. The number of halogens is 1. The molecule has 2 aromatic carbocycles. The molecule has 0 N–H and O–H groups in total. The SMILES string of the molecule is CCCCCC(=O)c1ccc(OCc2ccc(Br)cc2)c(C(CCC)n2ccnc2)c1. The third kappa shape index (κ3) is 6.54. The number of unbranched alkanes of at least 4 members (excludes halogenated alkanes) is 2. The monoisotopic (exact) mass is 482 g/mol. The summed E-state index contributed by atoms with van der Waals surface area (Å²) in [5, 5.41) is 0. The summed E-state index contributed by atoms with van der Waals surface area (Å²) < 4.78 is 9.42. The van der Waals surface area contributed by atoms with Gasteiger partial charge in [0.05, 0.1) is 12.4 Å². The molecular weight excluding hydrogens is 452 g/mol. The summed E-state index contributed by atoms with van der Waals surface area (Å²) in [6, 6.07) is 14.1. The van der Waals surface area contributed by atoms with E-state index < -0.39 is 0 Å². The van der Waals surface area contributed by atoms with Gasteiger partial charge < -0.3 is 9.30 Å². The molecule has 0 aliphatic carbocycles.